The number of rotatable bonds is 8. The molecule has 1 fully saturated rings. The van der Waals surface area contributed by atoms with Crippen molar-refractivity contribution in [3.63, 3.8) is 0 Å². The van der Waals surface area contributed by atoms with E-state index in [9.17, 15) is 14.7 Å². The van der Waals surface area contributed by atoms with Crippen molar-refractivity contribution in [3.8, 4) is 17.2 Å². The smallest absolute Gasteiger partial charge is 0.295 e. The number of thiophene rings is 1. The third-order valence-corrected chi connectivity index (χ3v) is 6.52. The summed E-state index contributed by atoms with van der Waals surface area (Å²) >= 11 is 1.42. The first-order valence-electron chi connectivity index (χ1n) is 10.7. The SMILES string of the molecule is CCOc1ccc(/C(O)=C2/C(=O)C(=O)N(Cc3ccc(OC)c(OC)c3)C2c2cccs2)cc1. The number of hydrogen-bond acceptors (Lipinski definition) is 7. The van der Waals surface area contributed by atoms with Crippen molar-refractivity contribution in [3.05, 3.63) is 81.6 Å². The minimum Gasteiger partial charge on any atom is -0.507 e. The summed E-state index contributed by atoms with van der Waals surface area (Å²) in [5.74, 6) is 0.153. The van der Waals surface area contributed by atoms with Crippen molar-refractivity contribution in [2.24, 2.45) is 0 Å². The van der Waals surface area contributed by atoms with Gasteiger partial charge in [0.15, 0.2) is 11.5 Å². The van der Waals surface area contributed by atoms with Crippen LogP contribution in [0.15, 0.2) is 65.6 Å². The molecule has 0 radical (unpaired) electrons. The summed E-state index contributed by atoms with van der Waals surface area (Å²) in [4.78, 5) is 28.5. The fourth-order valence-corrected chi connectivity index (χ4v) is 4.84. The molecule has 1 saturated heterocycles. The largest absolute Gasteiger partial charge is 0.507 e. The molecule has 1 amide bonds. The molecule has 0 aliphatic carbocycles. The van der Waals surface area contributed by atoms with Crippen LogP contribution in [0, 0.1) is 0 Å². The normalized spacial score (nSPS) is 17.1. The molecule has 7 nitrogen and oxygen atoms in total. The van der Waals surface area contributed by atoms with Gasteiger partial charge in [-0.05, 0) is 60.3 Å². The highest BCUT2D eigenvalue weighted by atomic mass is 32.1. The summed E-state index contributed by atoms with van der Waals surface area (Å²) in [5, 5.41) is 13.0. The van der Waals surface area contributed by atoms with E-state index in [-0.39, 0.29) is 17.9 Å². The number of benzene rings is 2. The monoisotopic (exact) mass is 479 g/mol. The molecule has 176 valence electrons. The Morgan fingerprint density at radius 1 is 1.03 bits per heavy atom. The van der Waals surface area contributed by atoms with Crippen LogP contribution in [0.4, 0.5) is 0 Å². The number of likely N-dealkylation sites (tertiary alicyclic amines) is 1. The Hall–Kier alpha value is -3.78. The summed E-state index contributed by atoms with van der Waals surface area (Å²) in [7, 11) is 3.09. The van der Waals surface area contributed by atoms with Crippen LogP contribution in [0.25, 0.3) is 5.76 Å². The van der Waals surface area contributed by atoms with E-state index in [1.54, 1.807) is 43.5 Å². The zero-order chi connectivity index (χ0) is 24.2. The highest BCUT2D eigenvalue weighted by Gasteiger charge is 2.46. The van der Waals surface area contributed by atoms with Crippen LogP contribution in [0.2, 0.25) is 0 Å². The van der Waals surface area contributed by atoms with Crippen LogP contribution in [0.5, 0.6) is 17.2 Å². The molecule has 1 aliphatic rings. The van der Waals surface area contributed by atoms with Crippen molar-refractivity contribution in [2.75, 3.05) is 20.8 Å². The van der Waals surface area contributed by atoms with Crippen LogP contribution in [-0.2, 0) is 16.1 Å². The fourth-order valence-electron chi connectivity index (χ4n) is 3.99. The standard InChI is InChI=1S/C26H25NO6S/c1-4-33-18-10-8-17(9-11-18)24(28)22-23(21-6-5-13-34-21)27(26(30)25(22)29)15-16-7-12-19(31-2)20(14-16)32-3/h5-14,23,28H,4,15H2,1-3H3/b24-22-. The fraction of sp³-hybridized carbons (Fsp3) is 0.231. The molecule has 34 heavy (non-hydrogen) atoms. The molecular formula is C26H25NO6S. The van der Waals surface area contributed by atoms with Gasteiger partial charge in [0.2, 0.25) is 0 Å². The van der Waals surface area contributed by atoms with Gasteiger partial charge in [0.25, 0.3) is 11.7 Å². The third kappa shape index (κ3) is 4.36. The Kier molecular flexibility index (Phi) is 6.88. The van der Waals surface area contributed by atoms with Crippen molar-refractivity contribution < 1.29 is 28.9 Å². The summed E-state index contributed by atoms with van der Waals surface area (Å²) < 4.78 is 16.1. The summed E-state index contributed by atoms with van der Waals surface area (Å²) in [6.45, 7) is 2.56. The van der Waals surface area contributed by atoms with E-state index in [0.717, 1.165) is 10.4 Å². The number of carbonyl (C=O) groups is 2. The topological polar surface area (TPSA) is 85.3 Å². The van der Waals surface area contributed by atoms with E-state index in [4.69, 9.17) is 14.2 Å². The molecule has 1 atom stereocenters. The van der Waals surface area contributed by atoms with Gasteiger partial charge in [-0.15, -0.1) is 11.3 Å². The number of aliphatic hydroxyl groups is 1. The minimum atomic E-state index is -0.717. The molecule has 1 aliphatic heterocycles. The van der Waals surface area contributed by atoms with E-state index in [1.807, 2.05) is 30.5 Å². The maximum Gasteiger partial charge on any atom is 0.295 e. The molecule has 1 aromatic heterocycles. The van der Waals surface area contributed by atoms with Gasteiger partial charge < -0.3 is 24.2 Å². The average molecular weight is 480 g/mol. The van der Waals surface area contributed by atoms with E-state index in [1.165, 1.54) is 23.3 Å². The molecular weight excluding hydrogens is 454 g/mol. The quantitative estimate of drug-likeness (QED) is 0.284. The van der Waals surface area contributed by atoms with Crippen LogP contribution in [-0.4, -0.2) is 42.5 Å². The Labute approximate surface area is 201 Å². The van der Waals surface area contributed by atoms with Crippen LogP contribution in [0.3, 0.4) is 0 Å². The molecule has 0 spiro atoms. The second-order valence-corrected chi connectivity index (χ2v) is 8.57. The number of amides is 1. The highest BCUT2D eigenvalue weighted by Crippen LogP contribution is 2.42. The first-order chi connectivity index (χ1) is 16.5. The predicted molar refractivity (Wildman–Crippen MR) is 129 cm³/mol. The number of ketones is 1. The van der Waals surface area contributed by atoms with Gasteiger partial charge in [-0.1, -0.05) is 12.1 Å². The molecule has 3 aromatic rings. The molecule has 4 rings (SSSR count). The number of ether oxygens (including phenoxy) is 3. The summed E-state index contributed by atoms with van der Waals surface area (Å²) in [5.41, 5.74) is 1.27. The average Bonchev–Trinajstić information content (AvgIpc) is 3.47. The van der Waals surface area contributed by atoms with Gasteiger partial charge >= 0.3 is 0 Å². The zero-order valence-electron chi connectivity index (χ0n) is 19.1. The molecule has 0 saturated carbocycles. The minimum absolute atomic E-state index is 0.0667. The van der Waals surface area contributed by atoms with Crippen LogP contribution in [0.1, 0.15) is 29.0 Å². The molecule has 1 unspecified atom stereocenters. The van der Waals surface area contributed by atoms with Crippen LogP contribution >= 0.6 is 11.3 Å². The lowest BCUT2D eigenvalue weighted by Crippen LogP contribution is -2.28. The number of hydrogen-bond donors (Lipinski definition) is 1. The molecule has 2 heterocycles. The second-order valence-electron chi connectivity index (χ2n) is 7.59. The number of nitrogens with zero attached hydrogens (tertiary/aromatic N) is 1. The maximum absolute atomic E-state index is 13.1. The second kappa shape index (κ2) is 10.0. The van der Waals surface area contributed by atoms with Crippen LogP contribution < -0.4 is 14.2 Å². The molecule has 1 N–H and O–H groups in total. The Morgan fingerprint density at radius 2 is 1.76 bits per heavy atom. The van der Waals surface area contributed by atoms with Gasteiger partial charge in [0.05, 0.1) is 32.4 Å². The highest BCUT2D eigenvalue weighted by molar-refractivity contribution is 7.10. The Balaban J connectivity index is 1.76. The third-order valence-electron chi connectivity index (χ3n) is 5.59. The van der Waals surface area contributed by atoms with Gasteiger partial charge in [-0.3, -0.25) is 9.59 Å². The number of carbonyl (C=O) groups excluding carboxylic acids is 2. The van der Waals surface area contributed by atoms with E-state index < -0.39 is 17.7 Å². The lowest BCUT2D eigenvalue weighted by molar-refractivity contribution is -0.140. The number of methoxy groups -OCH3 is 2. The van der Waals surface area contributed by atoms with Gasteiger partial charge in [0, 0.05) is 17.0 Å². The van der Waals surface area contributed by atoms with Gasteiger partial charge in [-0.25, -0.2) is 0 Å². The number of Topliss-reactive ketones (excluding diaryl/α,β-unsaturated/α-hetero) is 1. The lowest BCUT2D eigenvalue weighted by atomic mass is 9.99. The van der Waals surface area contributed by atoms with Gasteiger partial charge in [0.1, 0.15) is 11.5 Å². The van der Waals surface area contributed by atoms with Crippen molar-refractivity contribution in [1.82, 2.24) is 4.90 Å². The van der Waals surface area contributed by atoms with E-state index >= 15 is 0 Å². The zero-order valence-corrected chi connectivity index (χ0v) is 19.9. The molecule has 0 bridgehead atoms. The predicted octanol–water partition coefficient (Wildman–Crippen LogP) is 4.79. The lowest BCUT2D eigenvalue weighted by Gasteiger charge is -2.24. The van der Waals surface area contributed by atoms with E-state index in [0.29, 0.717) is 29.4 Å². The molecule has 8 heteroatoms. The Morgan fingerprint density at radius 3 is 2.38 bits per heavy atom. The maximum atomic E-state index is 13.1. The van der Waals surface area contributed by atoms with E-state index in [2.05, 4.69) is 0 Å². The van der Waals surface area contributed by atoms with Crippen molar-refractivity contribution in [2.45, 2.75) is 19.5 Å². The number of aliphatic hydroxyl groups excluding tert-OH is 1. The first kappa shape index (κ1) is 23.4. The van der Waals surface area contributed by atoms with Crippen molar-refractivity contribution >= 4 is 28.8 Å². The first-order valence-corrected chi connectivity index (χ1v) is 11.6. The molecule has 2 aromatic carbocycles. The summed E-state index contributed by atoms with van der Waals surface area (Å²) in [6, 6.07) is 15.1. The Bertz CT molecular complexity index is 1220. The van der Waals surface area contributed by atoms with Gasteiger partial charge in [-0.2, -0.15) is 0 Å². The summed E-state index contributed by atoms with van der Waals surface area (Å²) in [6.07, 6.45) is 0. The van der Waals surface area contributed by atoms with Crippen molar-refractivity contribution in [1.29, 1.82) is 0 Å².